The van der Waals surface area contributed by atoms with Crippen LogP contribution in [0, 0.1) is 0 Å². The van der Waals surface area contributed by atoms with Gasteiger partial charge in [0.25, 0.3) is 0 Å². The van der Waals surface area contributed by atoms with Crippen LogP contribution in [0.1, 0.15) is 57.8 Å². The zero-order chi connectivity index (χ0) is 15.9. The predicted octanol–water partition coefficient (Wildman–Crippen LogP) is 1.37. The lowest BCUT2D eigenvalue weighted by molar-refractivity contribution is -0.122. The number of nitrogens with one attached hydrogen (secondary N) is 1. The Bertz CT molecular complexity index is 471. The van der Waals surface area contributed by atoms with Crippen molar-refractivity contribution in [1.29, 1.82) is 0 Å². The van der Waals surface area contributed by atoms with E-state index in [1.165, 1.54) is 45.1 Å². The summed E-state index contributed by atoms with van der Waals surface area (Å²) in [5, 5.41) is 14.2. The van der Waals surface area contributed by atoms with E-state index in [1.54, 1.807) is 11.0 Å². The minimum absolute atomic E-state index is 0.161. The van der Waals surface area contributed by atoms with Crippen LogP contribution in [0.2, 0.25) is 0 Å². The average molecular weight is 320 g/mol. The maximum absolute atomic E-state index is 12.1. The molecule has 1 N–H and O–H groups in total. The van der Waals surface area contributed by atoms with E-state index in [4.69, 9.17) is 0 Å². The summed E-state index contributed by atoms with van der Waals surface area (Å²) >= 11 is 0. The van der Waals surface area contributed by atoms with E-state index >= 15 is 0 Å². The van der Waals surface area contributed by atoms with Gasteiger partial charge in [-0.05, 0) is 49.1 Å². The number of piperidine rings is 1. The van der Waals surface area contributed by atoms with E-state index < -0.39 is 0 Å². The van der Waals surface area contributed by atoms with Gasteiger partial charge in [-0.1, -0.05) is 19.3 Å². The van der Waals surface area contributed by atoms with E-state index in [0.29, 0.717) is 19.0 Å². The molecule has 1 aromatic heterocycles. The molecule has 1 saturated heterocycles. The first kappa shape index (κ1) is 16.4. The third-order valence-corrected chi connectivity index (χ3v) is 5.09. The van der Waals surface area contributed by atoms with Crippen molar-refractivity contribution in [2.45, 2.75) is 76.4 Å². The monoisotopic (exact) mass is 320 g/mol. The van der Waals surface area contributed by atoms with Crippen LogP contribution in [0.5, 0.6) is 0 Å². The molecule has 1 aromatic rings. The highest BCUT2D eigenvalue weighted by molar-refractivity contribution is 5.76. The summed E-state index contributed by atoms with van der Waals surface area (Å²) < 4.78 is 1.67. The number of likely N-dealkylation sites (tertiary alicyclic amines) is 1. The average Bonchev–Trinajstić information content (AvgIpc) is 3.09. The maximum atomic E-state index is 12.1. The summed E-state index contributed by atoms with van der Waals surface area (Å²) in [6.07, 6.45) is 12.0. The minimum atomic E-state index is 0.161. The highest BCUT2D eigenvalue weighted by Gasteiger charge is 2.27. The van der Waals surface area contributed by atoms with Crippen LogP contribution < -0.4 is 5.32 Å². The molecule has 23 heavy (non-hydrogen) atoms. The Morgan fingerprint density at radius 3 is 2.83 bits per heavy atom. The first-order valence-electron chi connectivity index (χ1n) is 9.05. The second-order valence-corrected chi connectivity index (χ2v) is 6.87. The normalized spacial score (nSPS) is 23.7. The summed E-state index contributed by atoms with van der Waals surface area (Å²) in [5.74, 6) is 0.161. The molecular weight excluding hydrogens is 292 g/mol. The zero-order valence-electron chi connectivity index (χ0n) is 13.9. The van der Waals surface area contributed by atoms with Crippen LogP contribution in [0.3, 0.4) is 0 Å². The van der Waals surface area contributed by atoms with Gasteiger partial charge in [0.1, 0.15) is 6.33 Å². The fourth-order valence-corrected chi connectivity index (χ4v) is 3.89. The maximum Gasteiger partial charge on any atom is 0.220 e. The molecule has 1 saturated carbocycles. The number of rotatable bonds is 6. The van der Waals surface area contributed by atoms with Crippen LogP contribution in [0.25, 0.3) is 0 Å². The Morgan fingerprint density at radius 2 is 2.04 bits per heavy atom. The van der Waals surface area contributed by atoms with Gasteiger partial charge in [0.15, 0.2) is 0 Å². The Morgan fingerprint density at radius 1 is 1.17 bits per heavy atom. The fourth-order valence-electron chi connectivity index (χ4n) is 3.89. The van der Waals surface area contributed by atoms with Crippen molar-refractivity contribution in [2.24, 2.45) is 0 Å². The second-order valence-electron chi connectivity index (χ2n) is 6.87. The topological polar surface area (TPSA) is 75.9 Å². The number of hydrogen-bond donors (Lipinski definition) is 1. The van der Waals surface area contributed by atoms with Gasteiger partial charge in [-0.2, -0.15) is 0 Å². The van der Waals surface area contributed by atoms with Crippen molar-refractivity contribution >= 4 is 5.91 Å². The van der Waals surface area contributed by atoms with Crippen molar-refractivity contribution in [3.63, 3.8) is 0 Å². The van der Waals surface area contributed by atoms with Crippen LogP contribution >= 0.6 is 0 Å². The van der Waals surface area contributed by atoms with Crippen molar-refractivity contribution in [3.8, 4) is 0 Å². The fraction of sp³-hybridized carbons (Fsp3) is 0.875. The second kappa shape index (κ2) is 8.38. The van der Waals surface area contributed by atoms with Crippen molar-refractivity contribution in [1.82, 2.24) is 30.4 Å². The first-order chi connectivity index (χ1) is 11.3. The summed E-state index contributed by atoms with van der Waals surface area (Å²) in [6, 6.07) is 1.08. The molecule has 0 radical (unpaired) electrons. The van der Waals surface area contributed by atoms with Gasteiger partial charge in [-0.15, -0.1) is 5.10 Å². The van der Waals surface area contributed by atoms with E-state index in [-0.39, 0.29) is 5.91 Å². The Labute approximate surface area is 137 Å². The van der Waals surface area contributed by atoms with Crippen molar-refractivity contribution < 1.29 is 4.79 Å². The molecule has 1 atom stereocenters. The molecule has 1 aliphatic heterocycles. The lowest BCUT2D eigenvalue weighted by Gasteiger charge is -2.40. The summed E-state index contributed by atoms with van der Waals surface area (Å²) in [6.45, 7) is 2.93. The van der Waals surface area contributed by atoms with Gasteiger partial charge in [0.05, 0.1) is 0 Å². The van der Waals surface area contributed by atoms with Crippen molar-refractivity contribution in [2.75, 3.05) is 13.1 Å². The molecule has 2 fully saturated rings. The molecule has 7 nitrogen and oxygen atoms in total. The largest absolute Gasteiger partial charge is 0.352 e. The Kier molecular flexibility index (Phi) is 5.96. The van der Waals surface area contributed by atoms with Crippen LogP contribution in [-0.2, 0) is 11.3 Å². The highest BCUT2D eigenvalue weighted by atomic mass is 16.1. The zero-order valence-corrected chi connectivity index (χ0v) is 13.9. The van der Waals surface area contributed by atoms with Gasteiger partial charge in [0, 0.05) is 31.6 Å². The number of tetrazole rings is 1. The third-order valence-electron chi connectivity index (χ3n) is 5.09. The molecule has 0 spiro atoms. The predicted molar refractivity (Wildman–Crippen MR) is 86.7 cm³/mol. The number of nitrogens with zero attached hydrogens (tertiary/aromatic N) is 5. The molecule has 2 heterocycles. The lowest BCUT2D eigenvalue weighted by Crippen LogP contribution is -2.51. The number of aryl methyl sites for hydroxylation is 1. The number of aromatic nitrogens is 4. The van der Waals surface area contributed by atoms with Crippen LogP contribution in [-0.4, -0.2) is 56.2 Å². The van der Waals surface area contributed by atoms with Gasteiger partial charge in [0.2, 0.25) is 5.91 Å². The molecule has 7 heteroatoms. The van der Waals surface area contributed by atoms with E-state index in [9.17, 15) is 4.79 Å². The molecular formula is C16H28N6O. The van der Waals surface area contributed by atoms with E-state index in [0.717, 1.165) is 25.4 Å². The molecule has 2 aliphatic rings. The molecule has 128 valence electrons. The number of carbonyl (C=O) groups excluding carboxylic acids is 1. The molecule has 1 aliphatic carbocycles. The van der Waals surface area contributed by atoms with Crippen molar-refractivity contribution in [3.05, 3.63) is 6.33 Å². The lowest BCUT2D eigenvalue weighted by atomic mass is 9.92. The summed E-state index contributed by atoms with van der Waals surface area (Å²) in [7, 11) is 0. The number of amides is 1. The first-order valence-corrected chi connectivity index (χ1v) is 9.05. The standard InChI is InChI=1S/C16H28N6O/c23-16(9-5-11-22-13-17-19-20-22)18-14-6-4-10-21(12-14)15-7-2-1-3-8-15/h13-15H,1-12H2,(H,18,23)/t14-/m0/s1. The van der Waals surface area contributed by atoms with Gasteiger partial charge < -0.3 is 5.32 Å². The highest BCUT2D eigenvalue weighted by Crippen LogP contribution is 2.25. The van der Waals surface area contributed by atoms with Gasteiger partial charge >= 0.3 is 0 Å². The Hall–Kier alpha value is -1.50. The third kappa shape index (κ3) is 4.99. The molecule has 3 rings (SSSR count). The molecule has 0 unspecified atom stereocenters. The SMILES string of the molecule is O=C(CCCn1cnnn1)N[C@H]1CCCN(C2CCCCC2)C1. The molecule has 0 aromatic carbocycles. The quantitative estimate of drug-likeness (QED) is 0.856. The van der Waals surface area contributed by atoms with Gasteiger partial charge in [-0.3, -0.25) is 9.69 Å². The number of hydrogen-bond acceptors (Lipinski definition) is 5. The van der Waals surface area contributed by atoms with Crippen LogP contribution in [0.4, 0.5) is 0 Å². The minimum Gasteiger partial charge on any atom is -0.352 e. The van der Waals surface area contributed by atoms with Gasteiger partial charge in [-0.25, -0.2) is 4.68 Å². The van der Waals surface area contributed by atoms with E-state index in [2.05, 4.69) is 25.7 Å². The van der Waals surface area contributed by atoms with Crippen LogP contribution in [0.15, 0.2) is 6.33 Å². The number of carbonyl (C=O) groups is 1. The summed E-state index contributed by atoms with van der Waals surface area (Å²) in [5.41, 5.74) is 0. The Balaban J connectivity index is 1.37. The summed E-state index contributed by atoms with van der Waals surface area (Å²) in [4.78, 5) is 14.8. The smallest absolute Gasteiger partial charge is 0.220 e. The van der Waals surface area contributed by atoms with E-state index in [1.807, 2.05) is 0 Å². The molecule has 0 bridgehead atoms. The molecule has 1 amide bonds.